The fourth-order valence-electron chi connectivity index (χ4n) is 1.06. The third kappa shape index (κ3) is 8.22. The maximum absolute atomic E-state index is 9.18. The maximum atomic E-state index is 9.18. The topological polar surface area (TPSA) is 55.5 Å². The number of nitrogens with two attached hydrogens (primary N) is 1. The molecular weight excluding hydrogens is 166 g/mol. The summed E-state index contributed by atoms with van der Waals surface area (Å²) in [7, 11) is 0. The summed E-state index contributed by atoms with van der Waals surface area (Å²) in [6.45, 7) is 4.55. The third-order valence-corrected chi connectivity index (χ3v) is 1.99. The van der Waals surface area contributed by atoms with E-state index in [9.17, 15) is 5.11 Å². The Morgan fingerprint density at radius 1 is 1.23 bits per heavy atom. The van der Waals surface area contributed by atoms with Crippen LogP contribution in [-0.4, -0.2) is 24.0 Å². The van der Waals surface area contributed by atoms with Gasteiger partial charge in [0.05, 0.1) is 6.04 Å². The van der Waals surface area contributed by atoms with Gasteiger partial charge >= 0.3 is 0 Å². The zero-order valence-electron chi connectivity index (χ0n) is 8.83. The first-order chi connectivity index (χ1) is 6.18. The molecule has 3 N–H and O–H groups in total. The second-order valence-electron chi connectivity index (χ2n) is 3.53. The summed E-state index contributed by atoms with van der Waals surface area (Å²) in [5.41, 5.74) is 5.42. The highest BCUT2D eigenvalue weighted by Crippen LogP contribution is 2.03. The van der Waals surface area contributed by atoms with Crippen LogP contribution in [0.25, 0.3) is 0 Å². The summed E-state index contributed by atoms with van der Waals surface area (Å²) < 4.78 is 5.11. The molecule has 0 aliphatic heterocycles. The van der Waals surface area contributed by atoms with Crippen molar-refractivity contribution in [1.29, 1.82) is 0 Å². The Balaban J connectivity index is 3.07. The van der Waals surface area contributed by atoms with Crippen LogP contribution in [0.4, 0.5) is 0 Å². The highest BCUT2D eigenvalue weighted by molar-refractivity contribution is 4.55. The fourth-order valence-corrected chi connectivity index (χ4v) is 1.06. The van der Waals surface area contributed by atoms with Crippen LogP contribution in [0.15, 0.2) is 0 Å². The molecule has 80 valence electrons. The average Bonchev–Trinajstić information content (AvgIpc) is 2.10. The normalized spacial score (nSPS) is 15.7. The first kappa shape index (κ1) is 12.9. The number of unbranched alkanes of at least 4 members (excludes halogenated alkanes) is 4. The molecule has 0 aromatic rings. The standard InChI is InChI=1S/C10H23NO2/c1-3-4-5-6-7-8-13-10(12)9(2)11/h9-10,12H,3-8,11H2,1-2H3/t9-,10?/m0/s1. The number of rotatable bonds is 8. The number of hydrogen-bond acceptors (Lipinski definition) is 3. The van der Waals surface area contributed by atoms with Crippen molar-refractivity contribution in [3.63, 3.8) is 0 Å². The largest absolute Gasteiger partial charge is 0.367 e. The lowest BCUT2D eigenvalue weighted by Gasteiger charge is -2.14. The molecule has 0 saturated carbocycles. The molecule has 13 heavy (non-hydrogen) atoms. The van der Waals surface area contributed by atoms with Gasteiger partial charge in [0.25, 0.3) is 0 Å². The van der Waals surface area contributed by atoms with Crippen molar-refractivity contribution in [1.82, 2.24) is 0 Å². The van der Waals surface area contributed by atoms with Crippen LogP contribution in [0.3, 0.4) is 0 Å². The van der Waals surface area contributed by atoms with E-state index in [1.165, 1.54) is 25.7 Å². The van der Waals surface area contributed by atoms with Gasteiger partial charge in [-0.15, -0.1) is 0 Å². The molecule has 0 bridgehead atoms. The lowest BCUT2D eigenvalue weighted by Crippen LogP contribution is -2.33. The van der Waals surface area contributed by atoms with Crippen molar-refractivity contribution >= 4 is 0 Å². The molecule has 3 nitrogen and oxygen atoms in total. The van der Waals surface area contributed by atoms with Gasteiger partial charge in [-0.25, -0.2) is 0 Å². The molecule has 0 fully saturated rings. The Labute approximate surface area is 81.3 Å². The van der Waals surface area contributed by atoms with Gasteiger partial charge < -0.3 is 15.6 Å². The molecule has 0 aromatic heterocycles. The minimum Gasteiger partial charge on any atom is -0.367 e. The number of aliphatic hydroxyl groups excluding tert-OH is 1. The van der Waals surface area contributed by atoms with Crippen molar-refractivity contribution in [3.05, 3.63) is 0 Å². The molecule has 0 aliphatic rings. The van der Waals surface area contributed by atoms with E-state index in [1.807, 2.05) is 0 Å². The minimum atomic E-state index is -0.800. The molecule has 0 aliphatic carbocycles. The summed E-state index contributed by atoms with van der Waals surface area (Å²) >= 11 is 0. The van der Waals surface area contributed by atoms with E-state index in [0.717, 1.165) is 6.42 Å². The quantitative estimate of drug-likeness (QED) is 0.451. The van der Waals surface area contributed by atoms with Crippen LogP contribution < -0.4 is 5.73 Å². The van der Waals surface area contributed by atoms with Gasteiger partial charge in [0, 0.05) is 6.61 Å². The van der Waals surface area contributed by atoms with Gasteiger partial charge in [-0.05, 0) is 13.3 Å². The van der Waals surface area contributed by atoms with Crippen LogP contribution in [0.1, 0.15) is 46.0 Å². The van der Waals surface area contributed by atoms with E-state index in [1.54, 1.807) is 6.92 Å². The van der Waals surface area contributed by atoms with Crippen molar-refractivity contribution in [2.24, 2.45) is 5.73 Å². The summed E-state index contributed by atoms with van der Waals surface area (Å²) in [5.74, 6) is 0. The number of hydrogen-bond donors (Lipinski definition) is 2. The molecule has 0 rings (SSSR count). The van der Waals surface area contributed by atoms with Crippen molar-refractivity contribution in [2.45, 2.75) is 58.3 Å². The Kier molecular flexibility index (Phi) is 8.40. The predicted octanol–water partition coefficient (Wildman–Crippen LogP) is 1.64. The smallest absolute Gasteiger partial charge is 0.169 e. The van der Waals surface area contributed by atoms with Crippen LogP contribution in [0.2, 0.25) is 0 Å². The fraction of sp³-hybridized carbons (Fsp3) is 1.00. The summed E-state index contributed by atoms with van der Waals surface area (Å²) in [6, 6.07) is -0.296. The van der Waals surface area contributed by atoms with Gasteiger partial charge in [0.1, 0.15) is 0 Å². The van der Waals surface area contributed by atoms with Crippen molar-refractivity contribution in [2.75, 3.05) is 6.61 Å². The maximum Gasteiger partial charge on any atom is 0.169 e. The second kappa shape index (κ2) is 8.48. The third-order valence-electron chi connectivity index (χ3n) is 1.99. The molecular formula is C10H23NO2. The molecule has 0 saturated heterocycles. The Morgan fingerprint density at radius 2 is 1.85 bits per heavy atom. The summed E-state index contributed by atoms with van der Waals surface area (Å²) in [6.07, 6.45) is 5.20. The monoisotopic (exact) mass is 189 g/mol. The first-order valence-corrected chi connectivity index (χ1v) is 5.23. The minimum absolute atomic E-state index is 0.296. The van der Waals surface area contributed by atoms with E-state index in [2.05, 4.69) is 6.92 Å². The van der Waals surface area contributed by atoms with Crippen LogP contribution in [0.5, 0.6) is 0 Å². The highest BCUT2D eigenvalue weighted by Gasteiger charge is 2.08. The zero-order chi connectivity index (χ0) is 10.1. The van der Waals surface area contributed by atoms with Crippen molar-refractivity contribution < 1.29 is 9.84 Å². The van der Waals surface area contributed by atoms with Crippen molar-refractivity contribution in [3.8, 4) is 0 Å². The number of aliphatic hydroxyl groups is 1. The Morgan fingerprint density at radius 3 is 2.38 bits per heavy atom. The molecule has 0 radical (unpaired) electrons. The van der Waals surface area contributed by atoms with E-state index < -0.39 is 6.29 Å². The van der Waals surface area contributed by atoms with Gasteiger partial charge in [0.15, 0.2) is 6.29 Å². The van der Waals surface area contributed by atoms with Crippen LogP contribution >= 0.6 is 0 Å². The Bertz CT molecular complexity index is 107. The van der Waals surface area contributed by atoms with E-state index in [4.69, 9.17) is 10.5 Å². The molecule has 1 unspecified atom stereocenters. The lowest BCUT2D eigenvalue weighted by molar-refractivity contribution is -0.110. The lowest BCUT2D eigenvalue weighted by atomic mass is 10.2. The van der Waals surface area contributed by atoms with E-state index in [0.29, 0.717) is 6.61 Å². The Hall–Kier alpha value is -0.120. The van der Waals surface area contributed by atoms with Crippen LogP contribution in [0, 0.1) is 0 Å². The SMILES string of the molecule is CCCCCCCOC(O)[C@H](C)N. The molecule has 3 heteroatoms. The number of ether oxygens (including phenoxy) is 1. The summed E-state index contributed by atoms with van der Waals surface area (Å²) in [4.78, 5) is 0. The molecule has 0 amide bonds. The van der Waals surface area contributed by atoms with E-state index >= 15 is 0 Å². The molecule has 0 aromatic carbocycles. The molecule has 2 atom stereocenters. The predicted molar refractivity (Wildman–Crippen MR) is 54.4 cm³/mol. The van der Waals surface area contributed by atoms with Crippen LogP contribution in [-0.2, 0) is 4.74 Å². The summed E-state index contributed by atoms with van der Waals surface area (Å²) in [5, 5.41) is 9.18. The van der Waals surface area contributed by atoms with Gasteiger partial charge in [0.2, 0.25) is 0 Å². The molecule has 0 spiro atoms. The average molecular weight is 189 g/mol. The van der Waals surface area contributed by atoms with Gasteiger partial charge in [-0.1, -0.05) is 32.6 Å². The molecule has 0 heterocycles. The van der Waals surface area contributed by atoms with E-state index in [-0.39, 0.29) is 6.04 Å². The second-order valence-corrected chi connectivity index (χ2v) is 3.53. The van der Waals surface area contributed by atoms with Gasteiger partial charge in [-0.3, -0.25) is 0 Å². The first-order valence-electron chi connectivity index (χ1n) is 5.23. The zero-order valence-corrected chi connectivity index (χ0v) is 8.83. The van der Waals surface area contributed by atoms with Gasteiger partial charge in [-0.2, -0.15) is 0 Å². The highest BCUT2D eigenvalue weighted by atomic mass is 16.6.